The first-order valence-corrected chi connectivity index (χ1v) is 9.82. The maximum Gasteiger partial charge on any atom is 0.167 e. The number of ether oxygens (including phenoxy) is 1. The number of hydrogen-bond acceptors (Lipinski definition) is 6. The molecule has 0 radical (unpaired) electrons. The molecule has 1 aliphatic heterocycles. The zero-order valence-corrected chi connectivity index (χ0v) is 16.0. The van der Waals surface area contributed by atoms with Crippen LogP contribution >= 0.6 is 0 Å². The van der Waals surface area contributed by atoms with E-state index < -0.39 is 6.10 Å². The summed E-state index contributed by atoms with van der Waals surface area (Å²) in [4.78, 5) is 4.01. The first-order valence-electron chi connectivity index (χ1n) is 9.82. The smallest absolute Gasteiger partial charge is 0.167 e. The van der Waals surface area contributed by atoms with Crippen molar-refractivity contribution < 1.29 is 18.8 Å². The molecule has 152 valence electrons. The van der Waals surface area contributed by atoms with Gasteiger partial charge in [0.05, 0.1) is 24.0 Å². The van der Waals surface area contributed by atoms with Crippen molar-refractivity contribution in [2.45, 2.75) is 44.1 Å². The van der Waals surface area contributed by atoms with Gasteiger partial charge >= 0.3 is 0 Å². The molecule has 6 nitrogen and oxygen atoms in total. The molecule has 1 aromatic carbocycles. The van der Waals surface area contributed by atoms with Crippen molar-refractivity contribution in [2.24, 2.45) is 0 Å². The first kappa shape index (κ1) is 19.7. The Hall–Kier alpha value is -2.61. The van der Waals surface area contributed by atoms with Crippen LogP contribution in [0.1, 0.15) is 24.1 Å². The van der Waals surface area contributed by atoms with Gasteiger partial charge in [-0.2, -0.15) is 0 Å². The molecule has 1 aliphatic rings. The van der Waals surface area contributed by atoms with Gasteiger partial charge in [-0.05, 0) is 54.8 Å². The summed E-state index contributed by atoms with van der Waals surface area (Å²) in [6.07, 6.45) is 4.81. The van der Waals surface area contributed by atoms with Gasteiger partial charge in [0.25, 0.3) is 0 Å². The third-order valence-electron chi connectivity index (χ3n) is 5.13. The lowest BCUT2D eigenvalue weighted by atomic mass is 9.98. The van der Waals surface area contributed by atoms with E-state index in [1.54, 1.807) is 24.5 Å². The topological polar surface area (TPSA) is 80.4 Å². The standard InChI is InChI=1S/C22H24FN3O3/c23-17-3-1-16(2-4-17)21-12-18(26-29-21)11-19-5-6-20(27)22(28-19)14-25-13-15-7-9-24-10-8-15/h1-4,7-10,12,19-20,22,25,27H,5-6,11,13-14H2/t19-,20-,22+/m0/s1. The molecule has 2 N–H and O–H groups in total. The maximum atomic E-state index is 13.1. The zero-order chi connectivity index (χ0) is 20.1. The summed E-state index contributed by atoms with van der Waals surface area (Å²) in [5, 5.41) is 17.7. The van der Waals surface area contributed by atoms with Crippen molar-refractivity contribution in [1.29, 1.82) is 0 Å². The fourth-order valence-corrected chi connectivity index (χ4v) is 3.53. The molecular weight excluding hydrogens is 373 g/mol. The van der Waals surface area contributed by atoms with Crippen LogP contribution in [-0.2, 0) is 17.7 Å². The van der Waals surface area contributed by atoms with Crippen LogP contribution in [0, 0.1) is 5.82 Å². The van der Waals surface area contributed by atoms with Crippen LogP contribution in [0.3, 0.4) is 0 Å². The lowest BCUT2D eigenvalue weighted by molar-refractivity contribution is -0.115. The molecule has 3 heterocycles. The van der Waals surface area contributed by atoms with E-state index in [2.05, 4.69) is 15.5 Å². The van der Waals surface area contributed by atoms with E-state index in [9.17, 15) is 9.50 Å². The molecule has 1 saturated heterocycles. The highest BCUT2D eigenvalue weighted by atomic mass is 19.1. The minimum absolute atomic E-state index is 0.0303. The van der Waals surface area contributed by atoms with E-state index >= 15 is 0 Å². The molecular formula is C22H24FN3O3. The Labute approximate surface area is 168 Å². The van der Waals surface area contributed by atoms with Crippen molar-refractivity contribution in [2.75, 3.05) is 6.54 Å². The van der Waals surface area contributed by atoms with Gasteiger partial charge in [0, 0.05) is 43.5 Å². The van der Waals surface area contributed by atoms with E-state index in [0.717, 1.165) is 23.2 Å². The summed E-state index contributed by atoms with van der Waals surface area (Å²) in [6, 6.07) is 11.9. The van der Waals surface area contributed by atoms with Crippen LogP contribution in [0.25, 0.3) is 11.3 Å². The molecule has 0 amide bonds. The summed E-state index contributed by atoms with van der Waals surface area (Å²) in [5.74, 6) is 0.317. The molecule has 2 aromatic heterocycles. The highest BCUT2D eigenvalue weighted by Crippen LogP contribution is 2.25. The molecule has 3 aromatic rings. The zero-order valence-electron chi connectivity index (χ0n) is 16.0. The molecule has 4 rings (SSSR count). The summed E-state index contributed by atoms with van der Waals surface area (Å²) >= 11 is 0. The number of nitrogens with zero attached hydrogens (tertiary/aromatic N) is 2. The second kappa shape index (κ2) is 9.26. The number of aliphatic hydroxyl groups is 1. The molecule has 0 saturated carbocycles. The predicted octanol–water partition coefficient (Wildman–Crippen LogP) is 3.12. The Morgan fingerprint density at radius 2 is 1.90 bits per heavy atom. The third-order valence-corrected chi connectivity index (χ3v) is 5.13. The molecule has 0 unspecified atom stereocenters. The Bertz CT molecular complexity index is 901. The normalized spacial score (nSPS) is 21.9. The molecule has 3 atom stereocenters. The molecule has 7 heteroatoms. The van der Waals surface area contributed by atoms with Gasteiger partial charge in [-0.1, -0.05) is 5.16 Å². The van der Waals surface area contributed by atoms with Crippen LogP contribution < -0.4 is 5.32 Å². The van der Waals surface area contributed by atoms with E-state index in [4.69, 9.17) is 9.26 Å². The van der Waals surface area contributed by atoms with Gasteiger partial charge in [-0.25, -0.2) is 4.39 Å². The summed E-state index contributed by atoms with van der Waals surface area (Å²) in [5.41, 5.74) is 2.70. The Morgan fingerprint density at radius 1 is 1.10 bits per heavy atom. The van der Waals surface area contributed by atoms with Crippen LogP contribution in [-0.4, -0.2) is 40.1 Å². The van der Waals surface area contributed by atoms with E-state index in [-0.39, 0.29) is 18.0 Å². The fourth-order valence-electron chi connectivity index (χ4n) is 3.53. The van der Waals surface area contributed by atoms with Crippen molar-refractivity contribution >= 4 is 0 Å². The van der Waals surface area contributed by atoms with Crippen LogP contribution in [0.5, 0.6) is 0 Å². The van der Waals surface area contributed by atoms with Crippen molar-refractivity contribution in [3.63, 3.8) is 0 Å². The molecule has 0 aliphatic carbocycles. The van der Waals surface area contributed by atoms with Crippen molar-refractivity contribution in [3.8, 4) is 11.3 Å². The van der Waals surface area contributed by atoms with Gasteiger partial charge in [0.2, 0.25) is 0 Å². The molecule has 0 bridgehead atoms. The predicted molar refractivity (Wildman–Crippen MR) is 105 cm³/mol. The van der Waals surface area contributed by atoms with Crippen LogP contribution in [0.15, 0.2) is 59.4 Å². The highest BCUT2D eigenvalue weighted by Gasteiger charge is 2.30. The Morgan fingerprint density at radius 3 is 2.69 bits per heavy atom. The minimum Gasteiger partial charge on any atom is -0.390 e. The van der Waals surface area contributed by atoms with Gasteiger partial charge in [0.1, 0.15) is 5.82 Å². The van der Waals surface area contributed by atoms with Crippen molar-refractivity contribution in [1.82, 2.24) is 15.5 Å². The van der Waals surface area contributed by atoms with E-state index in [1.807, 2.05) is 18.2 Å². The average Bonchev–Trinajstić information content (AvgIpc) is 3.20. The first-order chi connectivity index (χ1) is 14.2. The van der Waals surface area contributed by atoms with Gasteiger partial charge in [-0.15, -0.1) is 0 Å². The van der Waals surface area contributed by atoms with Crippen LogP contribution in [0.2, 0.25) is 0 Å². The summed E-state index contributed by atoms with van der Waals surface area (Å²) in [7, 11) is 0. The Balaban J connectivity index is 1.30. The second-order valence-electron chi connectivity index (χ2n) is 7.32. The number of halogens is 1. The molecule has 0 spiro atoms. The SMILES string of the molecule is O[C@H]1CC[C@@H](Cc2cc(-c3ccc(F)cc3)on2)O[C@@H]1CNCc1ccncc1. The number of benzene rings is 1. The number of aliphatic hydroxyl groups excluding tert-OH is 1. The van der Waals surface area contributed by atoms with E-state index in [1.165, 1.54) is 12.1 Å². The fraction of sp³-hybridized carbons (Fsp3) is 0.364. The second-order valence-corrected chi connectivity index (χ2v) is 7.32. The average molecular weight is 397 g/mol. The van der Waals surface area contributed by atoms with Crippen molar-refractivity contribution in [3.05, 3.63) is 71.9 Å². The minimum atomic E-state index is -0.483. The summed E-state index contributed by atoms with van der Waals surface area (Å²) in [6.45, 7) is 1.27. The van der Waals surface area contributed by atoms with Gasteiger partial charge < -0.3 is 19.7 Å². The maximum absolute atomic E-state index is 13.1. The number of rotatable bonds is 7. The monoisotopic (exact) mass is 397 g/mol. The third kappa shape index (κ3) is 5.26. The molecule has 29 heavy (non-hydrogen) atoms. The number of nitrogens with one attached hydrogen (secondary N) is 1. The number of aromatic nitrogens is 2. The number of pyridine rings is 1. The largest absolute Gasteiger partial charge is 0.390 e. The number of hydrogen-bond donors (Lipinski definition) is 2. The lowest BCUT2D eigenvalue weighted by Gasteiger charge is -2.34. The lowest BCUT2D eigenvalue weighted by Crippen LogP contribution is -2.45. The quantitative estimate of drug-likeness (QED) is 0.638. The highest BCUT2D eigenvalue weighted by molar-refractivity contribution is 5.57. The van der Waals surface area contributed by atoms with Crippen LogP contribution in [0.4, 0.5) is 4.39 Å². The van der Waals surface area contributed by atoms with Gasteiger partial charge in [-0.3, -0.25) is 4.98 Å². The summed E-state index contributed by atoms with van der Waals surface area (Å²) < 4.78 is 24.6. The molecule has 1 fully saturated rings. The van der Waals surface area contributed by atoms with Gasteiger partial charge in [0.15, 0.2) is 5.76 Å². The Kier molecular flexibility index (Phi) is 6.29. The van der Waals surface area contributed by atoms with E-state index in [0.29, 0.717) is 31.7 Å².